The molecule has 1 aliphatic rings. The molecule has 8 heteroatoms. The Labute approximate surface area is 166 Å². The van der Waals surface area contributed by atoms with E-state index in [0.29, 0.717) is 42.1 Å². The molecule has 0 aliphatic carbocycles. The van der Waals surface area contributed by atoms with Gasteiger partial charge in [-0.25, -0.2) is 0 Å². The smallest absolute Gasteiger partial charge is 0.227 e. The number of benzene rings is 2. The van der Waals surface area contributed by atoms with Crippen LogP contribution in [0, 0.1) is 0 Å². The number of para-hydroxylation sites is 2. The zero-order chi connectivity index (χ0) is 19.3. The predicted octanol–water partition coefficient (Wildman–Crippen LogP) is 3.28. The van der Waals surface area contributed by atoms with E-state index in [1.807, 2.05) is 36.4 Å². The maximum absolute atomic E-state index is 12.1. The van der Waals surface area contributed by atoms with Crippen molar-refractivity contribution in [3.63, 3.8) is 0 Å². The van der Waals surface area contributed by atoms with Gasteiger partial charge in [0.2, 0.25) is 17.6 Å². The van der Waals surface area contributed by atoms with E-state index in [1.165, 1.54) is 0 Å². The van der Waals surface area contributed by atoms with Crippen molar-refractivity contribution in [3.05, 3.63) is 59.4 Å². The van der Waals surface area contributed by atoms with Crippen LogP contribution in [0.5, 0.6) is 11.5 Å². The van der Waals surface area contributed by atoms with Crippen molar-refractivity contribution < 1.29 is 18.8 Å². The monoisotopic (exact) mass is 399 g/mol. The van der Waals surface area contributed by atoms with Crippen molar-refractivity contribution in [2.24, 2.45) is 0 Å². The fraction of sp³-hybridized carbons (Fsp3) is 0.250. The average Bonchev–Trinajstić information content (AvgIpc) is 3.20. The van der Waals surface area contributed by atoms with Crippen LogP contribution >= 0.6 is 11.6 Å². The van der Waals surface area contributed by atoms with Gasteiger partial charge >= 0.3 is 0 Å². The Morgan fingerprint density at radius 3 is 2.75 bits per heavy atom. The minimum atomic E-state index is -0.223. The third-order valence-corrected chi connectivity index (χ3v) is 4.48. The molecule has 1 aliphatic heterocycles. The minimum Gasteiger partial charge on any atom is -0.486 e. The summed E-state index contributed by atoms with van der Waals surface area (Å²) < 4.78 is 16.7. The number of nitrogens with one attached hydrogen (secondary N) is 1. The summed E-state index contributed by atoms with van der Waals surface area (Å²) in [6, 6.07) is 14.6. The summed E-state index contributed by atoms with van der Waals surface area (Å²) in [6.07, 6.45) is 0.378. The first-order chi connectivity index (χ1) is 13.7. The maximum atomic E-state index is 12.1. The molecule has 2 aromatic carbocycles. The quantitative estimate of drug-likeness (QED) is 0.684. The zero-order valence-electron chi connectivity index (χ0n) is 14.9. The normalized spacial score (nSPS) is 15.2. The highest BCUT2D eigenvalue weighted by Crippen LogP contribution is 2.30. The van der Waals surface area contributed by atoms with Gasteiger partial charge in [-0.1, -0.05) is 28.9 Å². The molecule has 4 rings (SSSR count). The van der Waals surface area contributed by atoms with Crippen LogP contribution in [0.3, 0.4) is 0 Å². The Balaban J connectivity index is 1.24. The van der Waals surface area contributed by atoms with Gasteiger partial charge < -0.3 is 19.3 Å². The van der Waals surface area contributed by atoms with Crippen LogP contribution in [0.2, 0.25) is 5.02 Å². The number of hydrogen-bond donors (Lipinski definition) is 1. The number of aryl methyl sites for hydroxylation is 1. The third kappa shape index (κ3) is 4.43. The first-order valence-electron chi connectivity index (χ1n) is 8.91. The molecule has 1 atom stereocenters. The lowest BCUT2D eigenvalue weighted by molar-refractivity contribution is -0.121. The number of carbonyl (C=O) groups excluding carboxylic acids is 1. The van der Waals surface area contributed by atoms with E-state index in [4.69, 9.17) is 25.6 Å². The van der Waals surface area contributed by atoms with Crippen molar-refractivity contribution in [2.45, 2.75) is 18.9 Å². The average molecular weight is 400 g/mol. The molecule has 0 saturated heterocycles. The molecule has 1 N–H and O–H groups in total. The van der Waals surface area contributed by atoms with Crippen molar-refractivity contribution in [1.29, 1.82) is 0 Å². The number of hydrogen-bond acceptors (Lipinski definition) is 6. The second-order valence-corrected chi connectivity index (χ2v) is 6.76. The summed E-state index contributed by atoms with van der Waals surface area (Å²) in [5.74, 6) is 2.17. The number of fused-ring (bicyclic) bond motifs is 1. The van der Waals surface area contributed by atoms with Gasteiger partial charge in [0.25, 0.3) is 0 Å². The molecule has 0 fully saturated rings. The number of amides is 1. The number of halogens is 1. The standard InChI is InChI=1S/C20H18ClN3O4/c21-14-7-5-13(6-8-14)20-23-19(28-24-20)10-9-18(25)22-11-15-12-26-16-3-1-2-4-17(16)27-15/h1-8,15H,9-12H2,(H,22,25)/t15-/m1/s1. The Kier molecular flexibility index (Phi) is 5.43. The summed E-state index contributed by atoms with van der Waals surface area (Å²) in [4.78, 5) is 16.4. The topological polar surface area (TPSA) is 86.5 Å². The molecule has 2 heterocycles. The summed E-state index contributed by atoms with van der Waals surface area (Å²) in [7, 11) is 0. The van der Waals surface area contributed by atoms with Crippen LogP contribution in [-0.2, 0) is 11.2 Å². The van der Waals surface area contributed by atoms with Crippen molar-refractivity contribution in [3.8, 4) is 22.9 Å². The van der Waals surface area contributed by atoms with Gasteiger partial charge in [0.15, 0.2) is 11.5 Å². The van der Waals surface area contributed by atoms with Crippen molar-refractivity contribution in [1.82, 2.24) is 15.5 Å². The maximum Gasteiger partial charge on any atom is 0.227 e. The second-order valence-electron chi connectivity index (χ2n) is 6.32. The van der Waals surface area contributed by atoms with Crippen LogP contribution in [0.25, 0.3) is 11.4 Å². The lowest BCUT2D eigenvalue weighted by atomic mass is 10.2. The molecule has 0 radical (unpaired) electrons. The van der Waals surface area contributed by atoms with E-state index in [1.54, 1.807) is 12.1 Å². The van der Waals surface area contributed by atoms with Gasteiger partial charge in [0.1, 0.15) is 12.7 Å². The first-order valence-corrected chi connectivity index (χ1v) is 9.29. The third-order valence-electron chi connectivity index (χ3n) is 4.23. The number of nitrogens with zero attached hydrogens (tertiary/aromatic N) is 2. The zero-order valence-corrected chi connectivity index (χ0v) is 15.7. The molecule has 0 unspecified atom stereocenters. The summed E-state index contributed by atoms with van der Waals surface area (Å²) in [6.45, 7) is 0.762. The van der Waals surface area contributed by atoms with Crippen molar-refractivity contribution >= 4 is 17.5 Å². The summed E-state index contributed by atoms with van der Waals surface area (Å²) in [5, 5.41) is 7.43. The molecule has 0 saturated carbocycles. The van der Waals surface area contributed by atoms with Gasteiger partial charge in [-0.3, -0.25) is 4.79 Å². The van der Waals surface area contributed by atoms with Gasteiger partial charge in [-0.05, 0) is 36.4 Å². The van der Waals surface area contributed by atoms with Gasteiger partial charge in [-0.2, -0.15) is 4.98 Å². The van der Waals surface area contributed by atoms with E-state index >= 15 is 0 Å². The highest BCUT2D eigenvalue weighted by molar-refractivity contribution is 6.30. The van der Waals surface area contributed by atoms with E-state index in [-0.39, 0.29) is 18.4 Å². The Morgan fingerprint density at radius 1 is 1.14 bits per heavy atom. The van der Waals surface area contributed by atoms with Crippen LogP contribution < -0.4 is 14.8 Å². The highest BCUT2D eigenvalue weighted by Gasteiger charge is 2.21. The lowest BCUT2D eigenvalue weighted by Gasteiger charge is -2.26. The van der Waals surface area contributed by atoms with Crippen LogP contribution in [0.15, 0.2) is 53.1 Å². The molecule has 7 nitrogen and oxygen atoms in total. The molecule has 0 spiro atoms. The molecule has 1 amide bonds. The first kappa shape index (κ1) is 18.3. The van der Waals surface area contributed by atoms with Gasteiger partial charge in [0.05, 0.1) is 6.54 Å². The molecular formula is C20H18ClN3O4. The van der Waals surface area contributed by atoms with E-state index in [0.717, 1.165) is 11.3 Å². The largest absolute Gasteiger partial charge is 0.486 e. The lowest BCUT2D eigenvalue weighted by Crippen LogP contribution is -2.40. The van der Waals surface area contributed by atoms with Crippen LogP contribution in [-0.4, -0.2) is 35.3 Å². The molecule has 144 valence electrons. The molecule has 3 aromatic rings. The molecular weight excluding hydrogens is 382 g/mol. The SMILES string of the molecule is O=C(CCc1nc(-c2ccc(Cl)cc2)no1)NC[C@@H]1COc2ccccc2O1. The Bertz CT molecular complexity index is 958. The second kappa shape index (κ2) is 8.31. The predicted molar refractivity (Wildman–Crippen MR) is 102 cm³/mol. The fourth-order valence-corrected chi connectivity index (χ4v) is 2.90. The minimum absolute atomic E-state index is 0.117. The number of rotatable bonds is 6. The van der Waals surface area contributed by atoms with E-state index in [9.17, 15) is 4.79 Å². The van der Waals surface area contributed by atoms with E-state index in [2.05, 4.69) is 15.5 Å². The fourth-order valence-electron chi connectivity index (χ4n) is 2.77. The number of aromatic nitrogens is 2. The number of ether oxygens (including phenoxy) is 2. The van der Waals surface area contributed by atoms with Crippen LogP contribution in [0.1, 0.15) is 12.3 Å². The summed E-state index contributed by atoms with van der Waals surface area (Å²) >= 11 is 5.87. The highest BCUT2D eigenvalue weighted by atomic mass is 35.5. The van der Waals surface area contributed by atoms with E-state index < -0.39 is 0 Å². The number of carbonyl (C=O) groups is 1. The Hall–Kier alpha value is -3.06. The van der Waals surface area contributed by atoms with Crippen LogP contribution in [0.4, 0.5) is 0 Å². The van der Waals surface area contributed by atoms with Crippen molar-refractivity contribution in [2.75, 3.05) is 13.2 Å². The van der Waals surface area contributed by atoms with Gasteiger partial charge in [-0.15, -0.1) is 0 Å². The summed E-state index contributed by atoms with van der Waals surface area (Å²) in [5.41, 5.74) is 0.804. The molecule has 28 heavy (non-hydrogen) atoms. The molecule has 0 bridgehead atoms. The Morgan fingerprint density at radius 2 is 1.93 bits per heavy atom. The van der Waals surface area contributed by atoms with Gasteiger partial charge in [0, 0.05) is 23.4 Å². The molecule has 1 aromatic heterocycles.